The maximum atomic E-state index is 10.6. The molecule has 1 saturated heterocycles. The number of aromatic nitrogens is 3. The Hall–Kier alpha value is -2.71. The van der Waals surface area contributed by atoms with Crippen molar-refractivity contribution in [2.24, 2.45) is 12.0 Å². The van der Waals surface area contributed by atoms with Crippen LogP contribution >= 0.6 is 11.3 Å². The first-order valence-electron chi connectivity index (χ1n) is 10.2. The molecule has 3 aromatic rings. The number of thiazole rings is 1. The molecule has 0 spiro atoms. The summed E-state index contributed by atoms with van der Waals surface area (Å²) in [6.45, 7) is 6.03. The van der Waals surface area contributed by atoms with E-state index in [2.05, 4.69) is 22.4 Å². The lowest BCUT2D eigenvalue weighted by Gasteiger charge is -2.31. The van der Waals surface area contributed by atoms with Gasteiger partial charge in [0.15, 0.2) is 5.13 Å². The van der Waals surface area contributed by atoms with Gasteiger partial charge in [0.2, 0.25) is 0 Å². The monoisotopic (exact) mass is 424 g/mol. The summed E-state index contributed by atoms with van der Waals surface area (Å²) < 4.78 is 1.75. The molecular formula is C22H28N6OS. The number of benzene rings is 1. The van der Waals surface area contributed by atoms with Crippen LogP contribution in [0.2, 0.25) is 0 Å². The predicted molar refractivity (Wildman–Crippen MR) is 123 cm³/mol. The van der Waals surface area contributed by atoms with Crippen molar-refractivity contribution in [2.75, 3.05) is 25.0 Å². The van der Waals surface area contributed by atoms with Crippen LogP contribution in [0.4, 0.5) is 10.1 Å². The minimum Gasteiger partial charge on any atom is -0.507 e. The number of aromatic hydroxyl groups is 1. The van der Waals surface area contributed by atoms with E-state index in [0.29, 0.717) is 6.04 Å². The van der Waals surface area contributed by atoms with Crippen LogP contribution in [-0.2, 0) is 7.05 Å². The highest BCUT2D eigenvalue weighted by Gasteiger charge is 2.21. The largest absolute Gasteiger partial charge is 0.507 e. The lowest BCUT2D eigenvalue weighted by atomic mass is 10.0. The molecule has 2 N–H and O–H groups in total. The van der Waals surface area contributed by atoms with Crippen molar-refractivity contribution in [2.45, 2.75) is 32.7 Å². The number of nitrogens with one attached hydrogen (secondary N) is 1. The number of phenols is 1. The van der Waals surface area contributed by atoms with Crippen molar-refractivity contribution in [3.05, 3.63) is 41.9 Å². The summed E-state index contributed by atoms with van der Waals surface area (Å²) in [5, 5.41) is 20.1. The van der Waals surface area contributed by atoms with Crippen LogP contribution in [0.3, 0.4) is 0 Å². The number of phenolic OH excluding ortho intramolecular Hbond substituents is 1. The van der Waals surface area contributed by atoms with Crippen LogP contribution in [0.1, 0.15) is 31.0 Å². The molecule has 0 aliphatic carbocycles. The third-order valence-corrected chi connectivity index (χ3v) is 6.76. The highest BCUT2D eigenvalue weighted by atomic mass is 32.1. The third-order valence-electron chi connectivity index (χ3n) is 5.61. The second kappa shape index (κ2) is 8.57. The van der Waals surface area contributed by atoms with E-state index in [-0.39, 0.29) is 5.75 Å². The van der Waals surface area contributed by atoms with E-state index in [4.69, 9.17) is 9.98 Å². The molecule has 2 aromatic heterocycles. The first-order chi connectivity index (χ1) is 14.4. The van der Waals surface area contributed by atoms with Crippen LogP contribution in [0, 0.1) is 6.92 Å². The van der Waals surface area contributed by atoms with Crippen LogP contribution in [0.25, 0.3) is 11.1 Å². The van der Waals surface area contributed by atoms with Gasteiger partial charge in [0.05, 0.1) is 11.9 Å². The van der Waals surface area contributed by atoms with Crippen molar-refractivity contribution in [1.82, 2.24) is 20.1 Å². The van der Waals surface area contributed by atoms with Crippen LogP contribution in [0.5, 0.6) is 5.75 Å². The van der Waals surface area contributed by atoms with Crippen LogP contribution in [-0.4, -0.2) is 51.8 Å². The average Bonchev–Trinajstić information content (AvgIpc) is 3.33. The molecule has 7 nitrogen and oxygen atoms in total. The molecule has 4 rings (SSSR count). The van der Waals surface area contributed by atoms with E-state index in [1.165, 1.54) is 0 Å². The van der Waals surface area contributed by atoms with Gasteiger partial charge in [0.25, 0.3) is 0 Å². The molecule has 0 atom stereocenters. The standard InChI is InChI=1S/C22H28N6OS/c1-14(19-6-5-16(11-20(19)29)17-12-24-27(3)13-17)25-21-15(2)26-22(30-21)28(4)18-7-9-23-10-8-18/h5-6,11-13,18,23,29H,7-10H2,1-4H3/b25-14+. The van der Waals surface area contributed by atoms with Gasteiger partial charge in [-0.25, -0.2) is 9.98 Å². The van der Waals surface area contributed by atoms with Gasteiger partial charge in [-0.1, -0.05) is 17.4 Å². The summed E-state index contributed by atoms with van der Waals surface area (Å²) in [4.78, 5) is 11.8. The summed E-state index contributed by atoms with van der Waals surface area (Å²) in [5.74, 6) is 0.215. The van der Waals surface area contributed by atoms with E-state index in [0.717, 1.165) is 64.2 Å². The number of aliphatic imine (C=N–C) groups is 1. The van der Waals surface area contributed by atoms with E-state index >= 15 is 0 Å². The molecule has 30 heavy (non-hydrogen) atoms. The molecule has 1 aromatic carbocycles. The van der Waals surface area contributed by atoms with Gasteiger partial charge >= 0.3 is 0 Å². The molecule has 1 fully saturated rings. The summed E-state index contributed by atoms with van der Waals surface area (Å²) in [7, 11) is 4.00. The van der Waals surface area contributed by atoms with Crippen molar-refractivity contribution in [3.63, 3.8) is 0 Å². The molecule has 0 bridgehead atoms. The molecule has 158 valence electrons. The second-order valence-corrected chi connectivity index (χ2v) is 8.77. The number of hydrogen-bond donors (Lipinski definition) is 2. The zero-order valence-corrected chi connectivity index (χ0v) is 18.7. The Labute approximate surface area is 181 Å². The Morgan fingerprint density at radius 3 is 2.73 bits per heavy atom. The topological polar surface area (TPSA) is 78.6 Å². The SMILES string of the molecule is C/C(=N\c1sc(N(C)C2CCNCC2)nc1C)c1ccc(-c2cnn(C)c2)cc1O. The molecule has 1 aliphatic rings. The van der Waals surface area contributed by atoms with E-state index in [1.807, 2.05) is 39.2 Å². The number of piperidine rings is 1. The molecule has 0 amide bonds. The molecule has 1 aliphatic heterocycles. The number of nitrogens with zero attached hydrogens (tertiary/aromatic N) is 5. The van der Waals surface area contributed by atoms with Crippen molar-refractivity contribution >= 4 is 27.2 Å². The van der Waals surface area contributed by atoms with Gasteiger partial charge in [-0.15, -0.1) is 0 Å². The highest BCUT2D eigenvalue weighted by molar-refractivity contribution is 7.19. The first-order valence-corrected chi connectivity index (χ1v) is 11.0. The Morgan fingerprint density at radius 1 is 1.30 bits per heavy atom. The van der Waals surface area contributed by atoms with Crippen molar-refractivity contribution < 1.29 is 5.11 Å². The Kier molecular flexibility index (Phi) is 5.87. The Bertz CT molecular complexity index is 1060. The fraction of sp³-hybridized carbons (Fsp3) is 0.409. The first kappa shape index (κ1) is 20.6. The second-order valence-electron chi connectivity index (χ2n) is 7.81. The molecule has 0 unspecified atom stereocenters. The van der Waals surface area contributed by atoms with Gasteiger partial charge in [-0.3, -0.25) is 4.68 Å². The lowest BCUT2D eigenvalue weighted by Crippen LogP contribution is -2.41. The van der Waals surface area contributed by atoms with Gasteiger partial charge < -0.3 is 15.3 Å². The van der Waals surface area contributed by atoms with Crippen LogP contribution < -0.4 is 10.2 Å². The quantitative estimate of drug-likeness (QED) is 0.608. The van der Waals surface area contributed by atoms with E-state index in [9.17, 15) is 5.11 Å². The van der Waals surface area contributed by atoms with Gasteiger partial charge in [-0.2, -0.15) is 5.10 Å². The number of aryl methyl sites for hydroxylation is 2. The molecule has 8 heteroatoms. The van der Waals surface area contributed by atoms with Crippen LogP contribution in [0.15, 0.2) is 35.6 Å². The summed E-state index contributed by atoms with van der Waals surface area (Å²) in [6.07, 6.45) is 5.97. The molecule has 0 saturated carbocycles. The predicted octanol–water partition coefficient (Wildman–Crippen LogP) is 3.89. The normalized spacial score (nSPS) is 15.5. The minimum absolute atomic E-state index is 0.215. The fourth-order valence-electron chi connectivity index (χ4n) is 3.78. The zero-order valence-electron chi connectivity index (χ0n) is 17.9. The maximum absolute atomic E-state index is 10.6. The Morgan fingerprint density at radius 2 is 2.07 bits per heavy atom. The molecular weight excluding hydrogens is 396 g/mol. The molecule has 3 heterocycles. The number of rotatable bonds is 5. The highest BCUT2D eigenvalue weighted by Crippen LogP contribution is 2.35. The van der Waals surface area contributed by atoms with Gasteiger partial charge in [0, 0.05) is 43.2 Å². The summed E-state index contributed by atoms with van der Waals surface area (Å²) >= 11 is 1.61. The van der Waals surface area contributed by atoms with E-state index in [1.54, 1.807) is 28.3 Å². The maximum Gasteiger partial charge on any atom is 0.187 e. The minimum atomic E-state index is 0.215. The number of hydrogen-bond acceptors (Lipinski definition) is 7. The third kappa shape index (κ3) is 4.24. The van der Waals surface area contributed by atoms with E-state index < -0.39 is 0 Å². The lowest BCUT2D eigenvalue weighted by molar-refractivity contribution is 0.443. The number of anilines is 1. The summed E-state index contributed by atoms with van der Waals surface area (Å²) in [6, 6.07) is 6.18. The van der Waals surface area contributed by atoms with Crippen molar-refractivity contribution in [3.8, 4) is 16.9 Å². The fourth-order valence-corrected chi connectivity index (χ4v) is 4.80. The average molecular weight is 425 g/mol. The van der Waals surface area contributed by atoms with Gasteiger partial charge in [-0.05, 0) is 57.5 Å². The smallest absolute Gasteiger partial charge is 0.187 e. The van der Waals surface area contributed by atoms with Gasteiger partial charge in [0.1, 0.15) is 10.8 Å². The molecule has 0 radical (unpaired) electrons. The zero-order chi connectivity index (χ0) is 21.3. The summed E-state index contributed by atoms with van der Waals surface area (Å²) in [5.41, 5.74) is 4.31. The Balaban J connectivity index is 1.56. The van der Waals surface area contributed by atoms with Crippen molar-refractivity contribution in [1.29, 1.82) is 0 Å².